The molecule has 0 spiro atoms. The maximum atomic E-state index is 12.8. The average molecular weight is 421 g/mol. The van der Waals surface area contributed by atoms with Gasteiger partial charge in [0, 0.05) is 42.4 Å². The molecule has 1 N–H and O–H groups in total. The molecule has 2 heterocycles. The van der Waals surface area contributed by atoms with Crippen molar-refractivity contribution in [1.29, 1.82) is 0 Å². The zero-order valence-corrected chi connectivity index (χ0v) is 17.4. The molecular formula is C23H21ClN4O2. The van der Waals surface area contributed by atoms with Crippen LogP contribution in [0, 0.1) is 0 Å². The first-order chi connectivity index (χ1) is 14.4. The predicted octanol–water partition coefficient (Wildman–Crippen LogP) is 4.29. The van der Waals surface area contributed by atoms with Crippen LogP contribution in [0.2, 0.25) is 5.02 Å². The number of carbonyl (C=O) groups excluding carboxylic acids is 2. The normalized spacial score (nSPS) is 15.0. The molecule has 3 amide bonds. The molecule has 1 aliphatic rings. The maximum absolute atomic E-state index is 12.8. The smallest absolute Gasteiger partial charge is 0.329 e. The first-order valence-corrected chi connectivity index (χ1v) is 9.84. The van der Waals surface area contributed by atoms with Gasteiger partial charge in [-0.25, -0.2) is 4.79 Å². The Morgan fingerprint density at radius 2 is 1.70 bits per heavy atom. The fourth-order valence-corrected chi connectivity index (χ4v) is 3.42. The van der Waals surface area contributed by atoms with Crippen LogP contribution < -0.4 is 10.2 Å². The Balaban J connectivity index is 1.57. The van der Waals surface area contributed by atoms with Gasteiger partial charge in [-0.3, -0.25) is 9.69 Å². The summed E-state index contributed by atoms with van der Waals surface area (Å²) in [6.07, 6.45) is 3.62. The second-order valence-electron chi connectivity index (χ2n) is 7.22. The minimum atomic E-state index is -0.436. The van der Waals surface area contributed by atoms with E-state index < -0.39 is 6.03 Å². The summed E-state index contributed by atoms with van der Waals surface area (Å²) in [5, 5.41) is 3.29. The third-order valence-electron chi connectivity index (χ3n) is 4.93. The summed E-state index contributed by atoms with van der Waals surface area (Å²) >= 11 is 5.90. The summed E-state index contributed by atoms with van der Waals surface area (Å²) < 4.78 is 1.97. The number of aromatic nitrogens is 1. The van der Waals surface area contributed by atoms with E-state index in [9.17, 15) is 9.59 Å². The Labute approximate surface area is 180 Å². The van der Waals surface area contributed by atoms with Crippen LogP contribution in [-0.2, 0) is 11.3 Å². The van der Waals surface area contributed by atoms with Gasteiger partial charge in [0.2, 0.25) is 0 Å². The molecule has 152 valence electrons. The zero-order chi connectivity index (χ0) is 21.3. The number of hydrogen-bond acceptors (Lipinski definition) is 3. The van der Waals surface area contributed by atoms with Gasteiger partial charge in [0.15, 0.2) is 0 Å². The molecule has 1 fully saturated rings. The number of hydrogen-bond donors (Lipinski definition) is 1. The number of urea groups is 1. The fourth-order valence-electron chi connectivity index (χ4n) is 3.29. The third kappa shape index (κ3) is 3.95. The van der Waals surface area contributed by atoms with Crippen molar-refractivity contribution in [2.45, 2.75) is 6.54 Å². The number of benzene rings is 2. The molecular weight excluding hydrogens is 400 g/mol. The molecule has 0 atom stereocenters. The van der Waals surface area contributed by atoms with Crippen LogP contribution in [0.5, 0.6) is 0 Å². The van der Waals surface area contributed by atoms with Crippen molar-refractivity contribution < 1.29 is 9.59 Å². The van der Waals surface area contributed by atoms with Gasteiger partial charge in [0.25, 0.3) is 5.91 Å². The van der Waals surface area contributed by atoms with Crippen LogP contribution in [0.25, 0.3) is 11.8 Å². The van der Waals surface area contributed by atoms with E-state index in [1.165, 1.54) is 4.90 Å². The monoisotopic (exact) mass is 420 g/mol. The van der Waals surface area contributed by atoms with E-state index in [4.69, 9.17) is 11.6 Å². The van der Waals surface area contributed by atoms with Crippen LogP contribution in [0.15, 0.2) is 72.6 Å². The number of nitrogens with one attached hydrogen (secondary N) is 1. The molecule has 0 bridgehead atoms. The second-order valence-corrected chi connectivity index (χ2v) is 7.66. The highest BCUT2D eigenvalue weighted by molar-refractivity contribution is 6.30. The van der Waals surface area contributed by atoms with E-state index in [1.807, 2.05) is 66.2 Å². The molecule has 1 aromatic heterocycles. The van der Waals surface area contributed by atoms with Gasteiger partial charge in [-0.2, -0.15) is 0 Å². The Bertz CT molecular complexity index is 1110. The van der Waals surface area contributed by atoms with Crippen molar-refractivity contribution in [3.8, 4) is 5.69 Å². The molecule has 2 aromatic carbocycles. The lowest BCUT2D eigenvalue weighted by molar-refractivity contribution is -0.123. The summed E-state index contributed by atoms with van der Waals surface area (Å²) in [6, 6.07) is 18.5. The highest BCUT2D eigenvalue weighted by atomic mass is 35.5. The van der Waals surface area contributed by atoms with Crippen LogP contribution in [0.1, 0.15) is 11.3 Å². The third-order valence-corrected chi connectivity index (χ3v) is 5.19. The lowest BCUT2D eigenvalue weighted by Crippen LogP contribution is -2.30. The molecule has 0 unspecified atom stereocenters. The fraction of sp³-hybridized carbons (Fsp3) is 0.130. The Kier molecular flexibility index (Phi) is 5.33. The highest BCUT2D eigenvalue weighted by Crippen LogP contribution is 2.22. The summed E-state index contributed by atoms with van der Waals surface area (Å²) in [6.45, 7) is 0.187. The number of nitrogens with zero attached hydrogens (tertiary/aromatic N) is 3. The van der Waals surface area contributed by atoms with Crippen LogP contribution in [0.4, 0.5) is 10.5 Å². The average Bonchev–Trinajstić information content (AvgIpc) is 3.30. The van der Waals surface area contributed by atoms with Gasteiger partial charge in [-0.05, 0) is 60.2 Å². The van der Waals surface area contributed by atoms with Gasteiger partial charge in [-0.1, -0.05) is 23.7 Å². The van der Waals surface area contributed by atoms with Crippen molar-refractivity contribution >= 4 is 35.3 Å². The first kappa shape index (κ1) is 19.8. The van der Waals surface area contributed by atoms with Crippen LogP contribution >= 0.6 is 11.6 Å². The minimum absolute atomic E-state index is 0.187. The van der Waals surface area contributed by atoms with E-state index in [0.717, 1.165) is 22.6 Å². The largest absolute Gasteiger partial charge is 0.378 e. The zero-order valence-electron chi connectivity index (χ0n) is 16.7. The topological polar surface area (TPSA) is 57.6 Å². The van der Waals surface area contributed by atoms with E-state index in [0.29, 0.717) is 5.02 Å². The summed E-state index contributed by atoms with van der Waals surface area (Å²) in [7, 11) is 3.98. The van der Waals surface area contributed by atoms with Gasteiger partial charge < -0.3 is 14.8 Å². The number of rotatable bonds is 5. The summed E-state index contributed by atoms with van der Waals surface area (Å²) in [5.41, 5.74) is 3.94. The second kappa shape index (κ2) is 8.08. The Hall–Kier alpha value is -3.51. The van der Waals surface area contributed by atoms with E-state index in [2.05, 4.69) is 5.32 Å². The number of carbonyl (C=O) groups is 2. The molecule has 0 saturated carbocycles. The molecule has 1 saturated heterocycles. The van der Waals surface area contributed by atoms with Crippen molar-refractivity contribution in [1.82, 2.24) is 14.8 Å². The quantitative estimate of drug-likeness (QED) is 0.495. The van der Waals surface area contributed by atoms with Crippen LogP contribution in [-0.4, -0.2) is 35.5 Å². The minimum Gasteiger partial charge on any atom is -0.378 e. The van der Waals surface area contributed by atoms with E-state index >= 15 is 0 Å². The number of halogens is 1. The van der Waals surface area contributed by atoms with E-state index in [-0.39, 0.29) is 18.1 Å². The maximum Gasteiger partial charge on any atom is 0.329 e. The molecule has 1 aliphatic heterocycles. The molecule has 4 rings (SSSR count). The van der Waals surface area contributed by atoms with Crippen molar-refractivity contribution in [2.75, 3.05) is 19.0 Å². The molecule has 7 heteroatoms. The van der Waals surface area contributed by atoms with Crippen molar-refractivity contribution in [2.24, 2.45) is 0 Å². The van der Waals surface area contributed by atoms with Crippen molar-refractivity contribution in [3.63, 3.8) is 0 Å². The predicted molar refractivity (Wildman–Crippen MR) is 119 cm³/mol. The molecule has 6 nitrogen and oxygen atoms in total. The Morgan fingerprint density at radius 3 is 2.37 bits per heavy atom. The van der Waals surface area contributed by atoms with Gasteiger partial charge in [0.05, 0.1) is 6.54 Å². The number of amides is 3. The first-order valence-electron chi connectivity index (χ1n) is 9.46. The summed E-state index contributed by atoms with van der Waals surface area (Å²) in [4.78, 5) is 28.4. The number of anilines is 1. The number of imide groups is 1. The van der Waals surface area contributed by atoms with E-state index in [1.54, 1.807) is 30.3 Å². The Morgan fingerprint density at radius 1 is 1.00 bits per heavy atom. The molecule has 0 aliphatic carbocycles. The van der Waals surface area contributed by atoms with Gasteiger partial charge in [-0.15, -0.1) is 0 Å². The highest BCUT2D eigenvalue weighted by Gasteiger charge is 2.33. The standard InChI is InChI=1S/C23H21ClN4O2/c1-26(2)18-9-11-19(12-10-18)27-13-3-4-20(27)14-21-22(29)28(23(30)25-21)15-16-5-7-17(24)8-6-16/h3-14H,15H2,1-2H3,(H,25,30)/b21-14-. The van der Waals surface area contributed by atoms with Gasteiger partial charge >= 0.3 is 6.03 Å². The lowest BCUT2D eigenvalue weighted by atomic mass is 10.2. The molecule has 3 aromatic rings. The van der Waals surface area contributed by atoms with Crippen LogP contribution in [0.3, 0.4) is 0 Å². The SMILES string of the molecule is CN(C)c1ccc(-n2cccc2/C=C2\NC(=O)N(Cc3ccc(Cl)cc3)C2=O)cc1. The summed E-state index contributed by atoms with van der Waals surface area (Å²) in [5.74, 6) is -0.356. The molecule has 30 heavy (non-hydrogen) atoms. The van der Waals surface area contributed by atoms with Crippen molar-refractivity contribution in [3.05, 3.63) is 88.8 Å². The molecule has 0 radical (unpaired) electrons. The van der Waals surface area contributed by atoms with Gasteiger partial charge in [0.1, 0.15) is 5.70 Å². The lowest BCUT2D eigenvalue weighted by Gasteiger charge is -2.14.